The second-order valence-corrected chi connectivity index (χ2v) is 9.35. The number of pyridine rings is 1. The van der Waals surface area contributed by atoms with Crippen molar-refractivity contribution >= 4 is 23.6 Å². The topological polar surface area (TPSA) is 68.7 Å². The quantitative estimate of drug-likeness (QED) is 0.384. The summed E-state index contributed by atoms with van der Waals surface area (Å²) in [6.45, 7) is 9.32. The molecule has 1 aliphatic rings. The minimum atomic E-state index is -4.72. The van der Waals surface area contributed by atoms with Crippen LogP contribution >= 0.6 is 0 Å². The van der Waals surface area contributed by atoms with Crippen LogP contribution in [0, 0.1) is 11.8 Å². The smallest absolute Gasteiger partial charge is 0.421 e. The number of nitrogens with zero attached hydrogens (tertiary/aromatic N) is 2. The van der Waals surface area contributed by atoms with Crippen molar-refractivity contribution in [1.29, 1.82) is 0 Å². The van der Waals surface area contributed by atoms with E-state index in [2.05, 4.69) is 18.5 Å². The van der Waals surface area contributed by atoms with E-state index in [9.17, 15) is 22.8 Å². The summed E-state index contributed by atoms with van der Waals surface area (Å²) in [6.07, 6.45) is 1.19. The van der Waals surface area contributed by atoms with Crippen LogP contribution in [0.4, 0.5) is 18.9 Å². The Balaban J connectivity index is 2.01. The Morgan fingerprint density at radius 1 is 1.17 bits per heavy atom. The van der Waals surface area contributed by atoms with Crippen molar-refractivity contribution in [3.8, 4) is 11.6 Å². The van der Waals surface area contributed by atoms with E-state index in [1.54, 1.807) is 4.90 Å². The number of methoxy groups -OCH3 is 1. The summed E-state index contributed by atoms with van der Waals surface area (Å²) in [5.74, 6) is -1.13. The molecule has 1 aromatic carbocycles. The molecule has 1 amide bonds. The fourth-order valence-electron chi connectivity index (χ4n) is 4.39. The van der Waals surface area contributed by atoms with Crippen molar-refractivity contribution in [2.45, 2.75) is 58.7 Å². The number of benzene rings is 1. The Hall–Kier alpha value is -3.36. The van der Waals surface area contributed by atoms with Gasteiger partial charge in [0, 0.05) is 18.2 Å². The Morgan fingerprint density at radius 2 is 1.83 bits per heavy atom. The van der Waals surface area contributed by atoms with E-state index in [0.717, 1.165) is 31.7 Å². The third kappa shape index (κ3) is 6.06. The number of anilines is 1. The summed E-state index contributed by atoms with van der Waals surface area (Å²) in [4.78, 5) is 31.6. The molecule has 0 radical (unpaired) electrons. The molecule has 1 heterocycles. The number of esters is 1. The number of carbonyl (C=O) groups is 2. The normalized spacial score (nSPS) is 18.0. The third-order valence-electron chi connectivity index (χ3n) is 6.38. The molecule has 1 saturated carbocycles. The number of hydrogen-bond acceptors (Lipinski definition) is 5. The molecular formula is C27H31F3N2O4. The Morgan fingerprint density at radius 3 is 2.39 bits per heavy atom. The molecule has 1 aromatic heterocycles. The van der Waals surface area contributed by atoms with Gasteiger partial charge in [0.2, 0.25) is 11.8 Å². The first-order valence-corrected chi connectivity index (χ1v) is 11.9. The van der Waals surface area contributed by atoms with Crippen molar-refractivity contribution in [1.82, 2.24) is 4.98 Å². The molecule has 36 heavy (non-hydrogen) atoms. The highest BCUT2D eigenvalue weighted by atomic mass is 19.4. The predicted octanol–water partition coefficient (Wildman–Crippen LogP) is 6.89. The highest BCUT2D eigenvalue weighted by molar-refractivity contribution is 6.04. The molecule has 0 aliphatic heterocycles. The maximum Gasteiger partial charge on any atom is 0.421 e. The number of hydrogen-bond donors (Lipinski definition) is 0. The second kappa shape index (κ2) is 11.1. The van der Waals surface area contributed by atoms with Gasteiger partial charge in [-0.3, -0.25) is 4.79 Å². The standard InChI is InChI=1S/C27H31F3N2O4/c1-6-18-13-22(27(28,29)30)24(31-15-18)36-20-11-12-23(21(14-20)26(34)35-5)32(16(2)3)25(33)19-9-7-17(4)8-10-19/h6,11-17,19H,1,7-10H2,2-5H3. The monoisotopic (exact) mass is 504 g/mol. The van der Waals surface area contributed by atoms with Crippen molar-refractivity contribution in [3.05, 3.63) is 53.7 Å². The van der Waals surface area contributed by atoms with Gasteiger partial charge in [-0.05, 0) is 75.3 Å². The number of ether oxygens (including phenoxy) is 2. The summed E-state index contributed by atoms with van der Waals surface area (Å²) in [5, 5.41) is 0. The fraction of sp³-hybridized carbons (Fsp3) is 0.444. The minimum absolute atomic E-state index is 0.0116. The molecule has 0 bridgehead atoms. The Labute approximate surface area is 209 Å². The zero-order chi connectivity index (χ0) is 26.6. The van der Waals surface area contributed by atoms with Crippen molar-refractivity contribution in [2.75, 3.05) is 12.0 Å². The Bertz CT molecular complexity index is 1120. The summed E-state index contributed by atoms with van der Waals surface area (Å²) in [7, 11) is 1.20. The summed E-state index contributed by atoms with van der Waals surface area (Å²) >= 11 is 0. The molecule has 0 spiro atoms. The van der Waals surface area contributed by atoms with Gasteiger partial charge in [-0.2, -0.15) is 13.2 Å². The summed E-state index contributed by atoms with van der Waals surface area (Å²) in [6, 6.07) is 4.80. The van der Waals surface area contributed by atoms with Gasteiger partial charge in [0.25, 0.3) is 0 Å². The average molecular weight is 505 g/mol. The molecule has 0 saturated heterocycles. The molecule has 0 N–H and O–H groups in total. The van der Waals surface area contributed by atoms with E-state index in [0.29, 0.717) is 11.6 Å². The molecule has 2 aromatic rings. The summed E-state index contributed by atoms with van der Waals surface area (Å²) in [5.41, 5.74) is -0.561. The van der Waals surface area contributed by atoms with Crippen LogP contribution in [0.25, 0.3) is 6.08 Å². The molecule has 6 nitrogen and oxygen atoms in total. The van der Waals surface area contributed by atoms with Crippen LogP contribution in [0.15, 0.2) is 37.0 Å². The number of amides is 1. The predicted molar refractivity (Wildman–Crippen MR) is 131 cm³/mol. The molecule has 194 valence electrons. The number of rotatable bonds is 7. The van der Waals surface area contributed by atoms with Crippen molar-refractivity contribution < 1.29 is 32.2 Å². The minimum Gasteiger partial charge on any atom is -0.465 e. The lowest BCUT2D eigenvalue weighted by molar-refractivity contribution is -0.139. The van der Waals surface area contributed by atoms with E-state index in [1.165, 1.54) is 37.6 Å². The van der Waals surface area contributed by atoms with Crippen molar-refractivity contribution in [3.63, 3.8) is 0 Å². The van der Waals surface area contributed by atoms with Gasteiger partial charge in [0.15, 0.2) is 0 Å². The van der Waals surface area contributed by atoms with E-state index in [-0.39, 0.29) is 34.7 Å². The number of halogens is 3. The van der Waals surface area contributed by atoms with Crippen LogP contribution in [-0.4, -0.2) is 30.0 Å². The molecule has 9 heteroatoms. The van der Waals surface area contributed by atoms with Crippen LogP contribution in [0.2, 0.25) is 0 Å². The largest absolute Gasteiger partial charge is 0.465 e. The number of alkyl halides is 3. The first-order chi connectivity index (χ1) is 17.0. The third-order valence-corrected chi connectivity index (χ3v) is 6.38. The molecule has 3 rings (SSSR count). The molecule has 0 unspecified atom stereocenters. The second-order valence-electron chi connectivity index (χ2n) is 9.35. The molecule has 0 atom stereocenters. The average Bonchev–Trinajstić information content (AvgIpc) is 2.84. The van der Waals surface area contributed by atoms with Gasteiger partial charge in [-0.25, -0.2) is 9.78 Å². The van der Waals surface area contributed by atoms with Gasteiger partial charge in [-0.15, -0.1) is 0 Å². The molecular weight excluding hydrogens is 473 g/mol. The van der Waals surface area contributed by atoms with Gasteiger partial charge in [0.1, 0.15) is 11.3 Å². The summed E-state index contributed by atoms with van der Waals surface area (Å²) < 4.78 is 51.2. The van der Waals surface area contributed by atoms with Crippen LogP contribution in [0.3, 0.4) is 0 Å². The first kappa shape index (κ1) is 27.2. The highest BCUT2D eigenvalue weighted by Gasteiger charge is 2.36. The van der Waals surface area contributed by atoms with Gasteiger partial charge in [-0.1, -0.05) is 19.6 Å². The fourth-order valence-corrected chi connectivity index (χ4v) is 4.39. The van der Waals surface area contributed by atoms with Crippen LogP contribution in [-0.2, 0) is 15.7 Å². The lowest BCUT2D eigenvalue weighted by atomic mass is 9.82. The molecule has 1 aliphatic carbocycles. The van der Waals surface area contributed by atoms with E-state index >= 15 is 0 Å². The number of aromatic nitrogens is 1. The molecule has 1 fully saturated rings. The maximum atomic E-state index is 13.6. The van der Waals surface area contributed by atoms with Gasteiger partial charge in [0.05, 0.1) is 18.4 Å². The number of carbonyl (C=O) groups excluding carboxylic acids is 2. The van der Waals surface area contributed by atoms with Gasteiger partial charge >= 0.3 is 12.1 Å². The van der Waals surface area contributed by atoms with Crippen LogP contribution in [0.1, 0.15) is 67.9 Å². The zero-order valence-corrected chi connectivity index (χ0v) is 20.9. The lowest BCUT2D eigenvalue weighted by Gasteiger charge is -2.34. The van der Waals surface area contributed by atoms with Crippen LogP contribution < -0.4 is 9.64 Å². The first-order valence-electron chi connectivity index (χ1n) is 11.9. The maximum absolute atomic E-state index is 13.6. The van der Waals surface area contributed by atoms with Crippen LogP contribution in [0.5, 0.6) is 11.6 Å². The Kier molecular flexibility index (Phi) is 8.43. The lowest BCUT2D eigenvalue weighted by Crippen LogP contribution is -2.43. The van der Waals surface area contributed by atoms with E-state index in [1.807, 2.05) is 13.8 Å². The van der Waals surface area contributed by atoms with E-state index in [4.69, 9.17) is 9.47 Å². The zero-order valence-electron chi connectivity index (χ0n) is 20.9. The SMILES string of the molecule is C=Cc1cnc(Oc2ccc(N(C(=O)C3CCC(C)CC3)C(C)C)c(C(=O)OC)c2)c(C(F)(F)F)c1. The van der Waals surface area contributed by atoms with Gasteiger partial charge < -0.3 is 14.4 Å². The highest BCUT2D eigenvalue weighted by Crippen LogP contribution is 2.39. The van der Waals surface area contributed by atoms with E-state index < -0.39 is 23.6 Å². The van der Waals surface area contributed by atoms with Crippen molar-refractivity contribution in [2.24, 2.45) is 11.8 Å².